The van der Waals surface area contributed by atoms with Gasteiger partial charge in [-0.3, -0.25) is 0 Å². The molecule has 0 saturated heterocycles. The number of nitrogens with one attached hydrogen (secondary N) is 1. The van der Waals surface area contributed by atoms with Crippen LogP contribution in [0, 0.1) is 11.3 Å². The van der Waals surface area contributed by atoms with Gasteiger partial charge in [0.05, 0.1) is 17.9 Å². The molecule has 0 atom stereocenters. The van der Waals surface area contributed by atoms with Gasteiger partial charge < -0.3 is 10.1 Å². The summed E-state index contributed by atoms with van der Waals surface area (Å²) in [5, 5.41) is 12.1. The molecule has 0 aliphatic carbocycles. The van der Waals surface area contributed by atoms with Gasteiger partial charge in [0.25, 0.3) is 0 Å². The predicted octanol–water partition coefficient (Wildman–Crippen LogP) is 2.79. The van der Waals surface area contributed by atoms with E-state index in [0.717, 1.165) is 31.7 Å². The highest BCUT2D eigenvalue weighted by Crippen LogP contribution is 2.12. The number of hydrogen-bond donors (Lipinski definition) is 1. The number of nitriles is 1. The average molecular weight is 218 g/mol. The molecule has 0 heterocycles. The molecule has 0 bridgehead atoms. The van der Waals surface area contributed by atoms with Crippen LogP contribution in [0.25, 0.3) is 0 Å². The molecule has 1 aromatic carbocycles. The molecule has 0 radical (unpaired) electrons. The van der Waals surface area contributed by atoms with Gasteiger partial charge in [-0.25, -0.2) is 0 Å². The van der Waals surface area contributed by atoms with E-state index in [9.17, 15) is 0 Å². The van der Waals surface area contributed by atoms with E-state index in [0.29, 0.717) is 12.2 Å². The highest BCUT2D eigenvalue weighted by Gasteiger charge is 1.98. The number of unbranched alkanes of at least 4 members (excludes halogenated alkanes) is 1. The van der Waals surface area contributed by atoms with Crippen LogP contribution in [0.1, 0.15) is 25.3 Å². The summed E-state index contributed by atoms with van der Waals surface area (Å²) >= 11 is 0. The molecule has 0 aliphatic rings. The second-order valence-electron chi connectivity index (χ2n) is 3.55. The lowest BCUT2D eigenvalue weighted by atomic mass is 10.2. The molecular weight excluding hydrogens is 200 g/mol. The molecule has 0 saturated carbocycles. The van der Waals surface area contributed by atoms with E-state index in [1.165, 1.54) is 0 Å². The van der Waals surface area contributed by atoms with E-state index >= 15 is 0 Å². The number of ether oxygens (including phenoxy) is 1. The van der Waals surface area contributed by atoms with Gasteiger partial charge in [-0.05, 0) is 18.6 Å². The van der Waals surface area contributed by atoms with Crippen molar-refractivity contribution in [3.8, 4) is 6.07 Å². The maximum atomic E-state index is 8.87. The van der Waals surface area contributed by atoms with Crippen LogP contribution < -0.4 is 5.32 Å². The average Bonchev–Trinajstić information content (AvgIpc) is 2.34. The number of nitrogens with zero attached hydrogens (tertiary/aromatic N) is 1. The fourth-order valence-electron chi connectivity index (χ4n) is 1.34. The highest BCUT2D eigenvalue weighted by molar-refractivity contribution is 5.56. The predicted molar refractivity (Wildman–Crippen MR) is 65.4 cm³/mol. The van der Waals surface area contributed by atoms with E-state index < -0.39 is 0 Å². The van der Waals surface area contributed by atoms with Gasteiger partial charge >= 0.3 is 0 Å². The Morgan fingerprint density at radius 2 is 2.12 bits per heavy atom. The van der Waals surface area contributed by atoms with Gasteiger partial charge in [0.15, 0.2) is 0 Å². The maximum absolute atomic E-state index is 8.87. The topological polar surface area (TPSA) is 45.0 Å². The summed E-state index contributed by atoms with van der Waals surface area (Å²) in [6.45, 7) is 4.38. The van der Waals surface area contributed by atoms with Crippen LogP contribution in [0.15, 0.2) is 24.3 Å². The summed E-state index contributed by atoms with van der Waals surface area (Å²) in [7, 11) is 0. The third-order valence-electron chi connectivity index (χ3n) is 2.25. The normalized spacial score (nSPS) is 9.75. The van der Waals surface area contributed by atoms with Gasteiger partial charge in [-0.1, -0.05) is 25.5 Å². The number of rotatable bonds is 7. The van der Waals surface area contributed by atoms with Crippen molar-refractivity contribution < 1.29 is 4.74 Å². The summed E-state index contributed by atoms with van der Waals surface area (Å²) in [5.41, 5.74) is 1.56. The Kier molecular flexibility index (Phi) is 6.05. The van der Waals surface area contributed by atoms with Crippen LogP contribution in [-0.2, 0) is 4.74 Å². The van der Waals surface area contributed by atoms with Crippen molar-refractivity contribution in [2.24, 2.45) is 0 Å². The van der Waals surface area contributed by atoms with Gasteiger partial charge in [-0.15, -0.1) is 0 Å². The summed E-state index contributed by atoms with van der Waals surface area (Å²) in [6.07, 6.45) is 2.26. The molecule has 3 nitrogen and oxygen atoms in total. The Hall–Kier alpha value is -1.53. The van der Waals surface area contributed by atoms with Crippen molar-refractivity contribution in [2.45, 2.75) is 19.8 Å². The molecule has 1 aromatic rings. The van der Waals surface area contributed by atoms with Gasteiger partial charge in [0, 0.05) is 13.2 Å². The molecule has 0 aromatic heterocycles. The van der Waals surface area contributed by atoms with Crippen LogP contribution in [0.2, 0.25) is 0 Å². The second-order valence-corrected chi connectivity index (χ2v) is 3.55. The molecule has 0 amide bonds. The molecule has 1 N–H and O–H groups in total. The molecule has 0 fully saturated rings. The summed E-state index contributed by atoms with van der Waals surface area (Å²) in [5.74, 6) is 0. The summed E-state index contributed by atoms with van der Waals surface area (Å²) < 4.78 is 5.42. The summed E-state index contributed by atoms with van der Waals surface area (Å²) in [6, 6.07) is 9.65. The second kappa shape index (κ2) is 7.72. The zero-order valence-corrected chi connectivity index (χ0v) is 9.70. The Morgan fingerprint density at radius 3 is 2.88 bits per heavy atom. The number of anilines is 1. The molecule has 86 valence electrons. The third-order valence-corrected chi connectivity index (χ3v) is 2.25. The molecule has 0 aliphatic heterocycles. The molecule has 0 spiro atoms. The minimum absolute atomic E-state index is 0.677. The Morgan fingerprint density at radius 1 is 1.31 bits per heavy atom. The van der Waals surface area contributed by atoms with Crippen molar-refractivity contribution in [3.05, 3.63) is 29.8 Å². The summed E-state index contributed by atoms with van der Waals surface area (Å²) in [4.78, 5) is 0. The molecule has 1 rings (SSSR count). The standard InChI is InChI=1S/C13H18N2O/c1-2-3-9-16-10-8-15-13-7-5-4-6-12(13)11-14/h4-7,15H,2-3,8-10H2,1H3. The minimum Gasteiger partial charge on any atom is -0.382 e. The zero-order valence-electron chi connectivity index (χ0n) is 9.70. The van der Waals surface area contributed by atoms with Crippen molar-refractivity contribution in [1.29, 1.82) is 5.26 Å². The van der Waals surface area contributed by atoms with E-state index in [1.807, 2.05) is 18.2 Å². The lowest BCUT2D eigenvalue weighted by Gasteiger charge is -2.08. The third kappa shape index (κ3) is 4.33. The van der Waals surface area contributed by atoms with E-state index in [-0.39, 0.29) is 0 Å². The van der Waals surface area contributed by atoms with Crippen LogP contribution in [0.3, 0.4) is 0 Å². The van der Waals surface area contributed by atoms with Gasteiger partial charge in [0.2, 0.25) is 0 Å². The number of benzene rings is 1. The quantitative estimate of drug-likeness (QED) is 0.716. The minimum atomic E-state index is 0.677. The first kappa shape index (κ1) is 12.5. The van der Waals surface area contributed by atoms with Gasteiger partial charge in [-0.2, -0.15) is 5.26 Å². The van der Waals surface area contributed by atoms with E-state index in [4.69, 9.17) is 10.00 Å². The monoisotopic (exact) mass is 218 g/mol. The maximum Gasteiger partial charge on any atom is 0.101 e. The Bertz CT molecular complexity index is 344. The Balaban J connectivity index is 2.24. The lowest BCUT2D eigenvalue weighted by Crippen LogP contribution is -2.10. The Labute approximate surface area is 97.0 Å². The number of hydrogen-bond acceptors (Lipinski definition) is 3. The van der Waals surface area contributed by atoms with Crippen molar-refractivity contribution in [3.63, 3.8) is 0 Å². The largest absolute Gasteiger partial charge is 0.382 e. The van der Waals surface area contributed by atoms with E-state index in [2.05, 4.69) is 18.3 Å². The first-order chi connectivity index (χ1) is 7.88. The zero-order chi connectivity index (χ0) is 11.6. The fourth-order valence-corrected chi connectivity index (χ4v) is 1.34. The highest BCUT2D eigenvalue weighted by atomic mass is 16.5. The van der Waals surface area contributed by atoms with Crippen molar-refractivity contribution >= 4 is 5.69 Å². The van der Waals surface area contributed by atoms with Crippen LogP contribution in [0.5, 0.6) is 0 Å². The molecule has 16 heavy (non-hydrogen) atoms. The molecule has 0 unspecified atom stereocenters. The smallest absolute Gasteiger partial charge is 0.101 e. The SMILES string of the molecule is CCCCOCCNc1ccccc1C#N. The number of para-hydroxylation sites is 1. The van der Waals surface area contributed by atoms with E-state index in [1.54, 1.807) is 6.07 Å². The van der Waals surface area contributed by atoms with Crippen molar-refractivity contribution in [1.82, 2.24) is 0 Å². The van der Waals surface area contributed by atoms with Crippen LogP contribution in [-0.4, -0.2) is 19.8 Å². The van der Waals surface area contributed by atoms with Crippen molar-refractivity contribution in [2.75, 3.05) is 25.1 Å². The first-order valence-electron chi connectivity index (χ1n) is 5.69. The van der Waals surface area contributed by atoms with Gasteiger partial charge in [0.1, 0.15) is 6.07 Å². The van der Waals surface area contributed by atoms with Crippen LogP contribution >= 0.6 is 0 Å². The fraction of sp³-hybridized carbons (Fsp3) is 0.462. The molecule has 3 heteroatoms. The molecular formula is C13H18N2O. The lowest BCUT2D eigenvalue weighted by molar-refractivity contribution is 0.141. The first-order valence-corrected chi connectivity index (χ1v) is 5.69. The van der Waals surface area contributed by atoms with Crippen LogP contribution in [0.4, 0.5) is 5.69 Å².